The summed E-state index contributed by atoms with van der Waals surface area (Å²) in [7, 11) is 0. The quantitative estimate of drug-likeness (QED) is 0.833. The molecule has 3 aliphatic rings. The van der Waals surface area contributed by atoms with Crippen LogP contribution in [-0.2, 0) is 20.7 Å². The molecule has 1 amide bonds. The molecule has 6 heteroatoms. The van der Waals surface area contributed by atoms with Crippen LogP contribution in [0.1, 0.15) is 18.4 Å². The minimum atomic E-state index is 0.163. The van der Waals surface area contributed by atoms with Crippen molar-refractivity contribution in [3.8, 4) is 0 Å². The van der Waals surface area contributed by atoms with E-state index in [1.807, 2.05) is 16.3 Å². The maximum Gasteiger partial charge on any atom is 0.227 e. The molecular weight excluding hydrogens is 312 g/mol. The number of carbonyl (C=O) groups excluding carboxylic acids is 1. The highest BCUT2D eigenvalue weighted by Crippen LogP contribution is 2.25. The van der Waals surface area contributed by atoms with Crippen LogP contribution in [0.25, 0.3) is 0 Å². The van der Waals surface area contributed by atoms with Gasteiger partial charge in [0.05, 0.1) is 31.3 Å². The second-order valence-electron chi connectivity index (χ2n) is 6.71. The number of morpholine rings is 1. The number of rotatable bonds is 4. The van der Waals surface area contributed by atoms with E-state index in [4.69, 9.17) is 9.47 Å². The third-order valence-corrected chi connectivity index (χ3v) is 5.90. The van der Waals surface area contributed by atoms with Crippen molar-refractivity contribution < 1.29 is 14.3 Å². The van der Waals surface area contributed by atoms with Gasteiger partial charge in [-0.1, -0.05) is 0 Å². The van der Waals surface area contributed by atoms with Crippen molar-refractivity contribution in [1.29, 1.82) is 0 Å². The Morgan fingerprint density at radius 1 is 1.30 bits per heavy atom. The molecule has 0 spiro atoms. The highest BCUT2D eigenvalue weighted by molar-refractivity contribution is 7.07. The maximum absolute atomic E-state index is 12.5. The van der Waals surface area contributed by atoms with Gasteiger partial charge in [-0.05, 0) is 35.2 Å². The van der Waals surface area contributed by atoms with E-state index < -0.39 is 0 Å². The first-order valence-corrected chi connectivity index (χ1v) is 9.50. The van der Waals surface area contributed by atoms with Crippen LogP contribution in [0.2, 0.25) is 0 Å². The van der Waals surface area contributed by atoms with Crippen molar-refractivity contribution in [2.24, 2.45) is 0 Å². The molecular formula is C17H24N2O3S. The van der Waals surface area contributed by atoms with Crippen LogP contribution in [0.4, 0.5) is 0 Å². The highest BCUT2D eigenvalue weighted by atomic mass is 32.1. The van der Waals surface area contributed by atoms with Crippen molar-refractivity contribution in [3.05, 3.63) is 22.4 Å². The Balaban J connectivity index is 1.37. The molecule has 0 aliphatic carbocycles. The zero-order valence-electron chi connectivity index (χ0n) is 13.4. The molecule has 1 aromatic heterocycles. The summed E-state index contributed by atoms with van der Waals surface area (Å²) < 4.78 is 11.7. The molecule has 1 aromatic rings. The molecule has 0 aromatic carbocycles. The van der Waals surface area contributed by atoms with Gasteiger partial charge < -0.3 is 14.4 Å². The Hall–Kier alpha value is -0.950. The second kappa shape index (κ2) is 6.89. The molecule has 3 atom stereocenters. The lowest BCUT2D eigenvalue weighted by Gasteiger charge is -2.37. The first-order valence-electron chi connectivity index (χ1n) is 8.56. The minimum Gasteiger partial charge on any atom is -0.377 e. The first-order chi connectivity index (χ1) is 11.3. The predicted molar refractivity (Wildman–Crippen MR) is 88.7 cm³/mol. The SMILES string of the molecule is O=C(Cc1ccsc1)N1C[C@@H]2OCCN(C[C@@H]3CCCO3)[C@@H]2C1. The van der Waals surface area contributed by atoms with E-state index in [-0.39, 0.29) is 12.0 Å². The summed E-state index contributed by atoms with van der Waals surface area (Å²) >= 11 is 1.64. The molecule has 5 nitrogen and oxygen atoms in total. The van der Waals surface area contributed by atoms with E-state index in [1.165, 1.54) is 6.42 Å². The van der Waals surface area contributed by atoms with Crippen molar-refractivity contribution >= 4 is 17.2 Å². The normalized spacial score (nSPS) is 31.5. The number of hydrogen-bond donors (Lipinski definition) is 0. The van der Waals surface area contributed by atoms with E-state index in [0.29, 0.717) is 18.6 Å². The molecule has 3 aliphatic heterocycles. The lowest BCUT2D eigenvalue weighted by Crippen LogP contribution is -2.52. The molecule has 0 saturated carbocycles. The van der Waals surface area contributed by atoms with Gasteiger partial charge in [-0.25, -0.2) is 0 Å². The summed E-state index contributed by atoms with van der Waals surface area (Å²) in [4.78, 5) is 17.0. The third-order valence-electron chi connectivity index (χ3n) is 5.17. The van der Waals surface area contributed by atoms with Gasteiger partial charge >= 0.3 is 0 Å². The fraction of sp³-hybridized carbons (Fsp3) is 0.706. The second-order valence-corrected chi connectivity index (χ2v) is 7.49. The van der Waals surface area contributed by atoms with Crippen LogP contribution in [0.5, 0.6) is 0 Å². The summed E-state index contributed by atoms with van der Waals surface area (Å²) in [5, 5.41) is 4.08. The summed E-state index contributed by atoms with van der Waals surface area (Å²) in [5.74, 6) is 0.221. The smallest absolute Gasteiger partial charge is 0.227 e. The number of amides is 1. The highest BCUT2D eigenvalue weighted by Gasteiger charge is 2.42. The number of carbonyl (C=O) groups is 1. The van der Waals surface area contributed by atoms with Gasteiger partial charge in [0, 0.05) is 32.8 Å². The van der Waals surface area contributed by atoms with Gasteiger partial charge in [0.15, 0.2) is 0 Å². The standard InChI is InChI=1S/C17H24N2O3S/c20-17(8-13-3-7-23-12-13)19-10-15-16(11-19)22-6-4-18(15)9-14-2-1-5-21-14/h3,7,12,14-16H,1-2,4-6,8-11H2/t14-,15+,16-/m0/s1. The largest absolute Gasteiger partial charge is 0.377 e. The van der Waals surface area contributed by atoms with Crippen LogP contribution in [0, 0.1) is 0 Å². The van der Waals surface area contributed by atoms with Gasteiger partial charge in [-0.15, -0.1) is 0 Å². The van der Waals surface area contributed by atoms with Gasteiger partial charge in [-0.3, -0.25) is 9.69 Å². The van der Waals surface area contributed by atoms with Crippen LogP contribution in [0.15, 0.2) is 16.8 Å². The Morgan fingerprint density at radius 3 is 3.04 bits per heavy atom. The Morgan fingerprint density at radius 2 is 2.26 bits per heavy atom. The molecule has 126 valence electrons. The summed E-state index contributed by atoms with van der Waals surface area (Å²) in [6.07, 6.45) is 3.37. The molecule has 0 N–H and O–H groups in total. The molecule has 3 saturated heterocycles. The van der Waals surface area contributed by atoms with Gasteiger partial charge in [0.2, 0.25) is 5.91 Å². The average molecular weight is 336 g/mol. The van der Waals surface area contributed by atoms with E-state index in [0.717, 1.165) is 51.4 Å². The number of fused-ring (bicyclic) bond motifs is 1. The number of hydrogen-bond acceptors (Lipinski definition) is 5. The number of thiophene rings is 1. The summed E-state index contributed by atoms with van der Waals surface area (Å²) in [6.45, 7) is 5.12. The number of ether oxygens (including phenoxy) is 2. The lowest BCUT2D eigenvalue weighted by molar-refractivity contribution is -0.129. The van der Waals surface area contributed by atoms with Crippen LogP contribution < -0.4 is 0 Å². The van der Waals surface area contributed by atoms with Crippen LogP contribution in [0.3, 0.4) is 0 Å². The molecule has 0 bridgehead atoms. The summed E-state index contributed by atoms with van der Waals surface area (Å²) in [5.41, 5.74) is 1.12. The Kier molecular flexibility index (Phi) is 4.66. The molecule has 0 unspecified atom stereocenters. The van der Waals surface area contributed by atoms with E-state index >= 15 is 0 Å². The van der Waals surface area contributed by atoms with Crippen molar-refractivity contribution in [2.75, 3.05) is 39.4 Å². The van der Waals surface area contributed by atoms with Gasteiger partial charge in [-0.2, -0.15) is 11.3 Å². The summed E-state index contributed by atoms with van der Waals surface area (Å²) in [6, 6.07) is 2.37. The van der Waals surface area contributed by atoms with E-state index in [9.17, 15) is 4.79 Å². The van der Waals surface area contributed by atoms with Crippen molar-refractivity contribution in [1.82, 2.24) is 9.80 Å². The van der Waals surface area contributed by atoms with E-state index in [2.05, 4.69) is 10.3 Å². The number of likely N-dealkylation sites (tertiary alicyclic amines) is 1. The fourth-order valence-electron chi connectivity index (χ4n) is 3.92. The number of nitrogens with zero attached hydrogens (tertiary/aromatic N) is 2. The van der Waals surface area contributed by atoms with Crippen molar-refractivity contribution in [3.63, 3.8) is 0 Å². The first kappa shape index (κ1) is 15.6. The molecule has 4 heterocycles. The van der Waals surface area contributed by atoms with Crippen LogP contribution >= 0.6 is 11.3 Å². The predicted octanol–water partition coefficient (Wildman–Crippen LogP) is 1.38. The van der Waals surface area contributed by atoms with Crippen molar-refractivity contribution in [2.45, 2.75) is 37.5 Å². The minimum absolute atomic E-state index is 0.163. The monoisotopic (exact) mass is 336 g/mol. The molecule has 0 radical (unpaired) electrons. The van der Waals surface area contributed by atoms with E-state index in [1.54, 1.807) is 11.3 Å². The molecule has 23 heavy (non-hydrogen) atoms. The fourth-order valence-corrected chi connectivity index (χ4v) is 4.59. The maximum atomic E-state index is 12.5. The van der Waals surface area contributed by atoms with Gasteiger partial charge in [0.1, 0.15) is 0 Å². The Labute approximate surface area is 141 Å². The lowest BCUT2D eigenvalue weighted by atomic mass is 10.1. The molecule has 3 fully saturated rings. The molecule has 4 rings (SSSR count). The zero-order valence-corrected chi connectivity index (χ0v) is 14.2. The third kappa shape index (κ3) is 3.45. The Bertz CT molecular complexity index is 530. The average Bonchev–Trinajstić information content (AvgIpc) is 3.28. The van der Waals surface area contributed by atoms with Gasteiger partial charge in [0.25, 0.3) is 0 Å². The van der Waals surface area contributed by atoms with Crippen LogP contribution in [-0.4, -0.2) is 73.3 Å². The topological polar surface area (TPSA) is 42.0 Å². The zero-order chi connectivity index (χ0) is 15.6.